The molecule has 0 aliphatic carbocycles. The lowest BCUT2D eigenvalue weighted by Gasteiger charge is -2.16. The third-order valence-corrected chi connectivity index (χ3v) is 4.18. The van der Waals surface area contributed by atoms with Crippen LogP contribution in [0.4, 0.5) is 0 Å². The van der Waals surface area contributed by atoms with Gasteiger partial charge in [0.15, 0.2) is 0 Å². The molecular weight excluding hydrogens is 346 g/mol. The molecule has 0 heterocycles. The molecule has 0 rings (SSSR count). The summed E-state index contributed by atoms with van der Waals surface area (Å²) in [5.74, 6) is -0.215. The van der Waals surface area contributed by atoms with Gasteiger partial charge in [0.1, 0.15) is 11.8 Å². The summed E-state index contributed by atoms with van der Waals surface area (Å²) in [4.78, 5) is 35.1. The van der Waals surface area contributed by atoms with Gasteiger partial charge >= 0.3 is 11.9 Å². The number of hydrogen-bond donors (Lipinski definition) is 1. The van der Waals surface area contributed by atoms with E-state index in [1.165, 1.54) is 6.92 Å². The Morgan fingerprint density at radius 3 is 1.70 bits per heavy atom. The third-order valence-electron chi connectivity index (χ3n) is 4.18. The second-order valence-corrected chi connectivity index (χ2v) is 8.22. The van der Waals surface area contributed by atoms with Crippen LogP contribution in [-0.2, 0) is 23.9 Å². The Balaban J connectivity index is 3.82. The van der Waals surface area contributed by atoms with E-state index in [0.29, 0.717) is 37.9 Å². The Morgan fingerprint density at radius 1 is 0.778 bits per heavy atom. The molecule has 0 aliphatic rings. The lowest BCUT2D eigenvalue weighted by atomic mass is 9.93. The van der Waals surface area contributed by atoms with E-state index >= 15 is 0 Å². The molecule has 0 aromatic rings. The lowest BCUT2D eigenvalue weighted by Crippen LogP contribution is -2.33. The summed E-state index contributed by atoms with van der Waals surface area (Å²) in [7, 11) is 0. The number of ketones is 1. The third kappa shape index (κ3) is 14.3. The molecule has 0 aromatic carbocycles. The van der Waals surface area contributed by atoms with Crippen LogP contribution in [0.15, 0.2) is 0 Å². The number of unbranched alkanes of at least 4 members (excludes halogenated alkanes) is 3. The summed E-state index contributed by atoms with van der Waals surface area (Å²) in [6.45, 7) is 10.3. The summed E-state index contributed by atoms with van der Waals surface area (Å²) in [6, 6.07) is -0.543. The predicted molar refractivity (Wildman–Crippen MR) is 106 cm³/mol. The monoisotopic (exact) mass is 385 g/mol. The van der Waals surface area contributed by atoms with Gasteiger partial charge in [-0.3, -0.25) is 9.59 Å². The molecule has 6 heteroatoms. The highest BCUT2D eigenvalue weighted by Crippen LogP contribution is 2.18. The van der Waals surface area contributed by atoms with E-state index in [9.17, 15) is 14.4 Å². The fourth-order valence-corrected chi connectivity index (χ4v) is 2.91. The minimum absolute atomic E-state index is 0.0141. The van der Waals surface area contributed by atoms with Gasteiger partial charge < -0.3 is 20.0 Å². The maximum atomic E-state index is 12.1. The number of hydrogen-bond acceptors (Lipinski definition) is 6. The Labute approximate surface area is 164 Å². The van der Waals surface area contributed by atoms with E-state index in [-0.39, 0.29) is 30.1 Å². The van der Waals surface area contributed by atoms with Crippen LogP contribution in [0.1, 0.15) is 79.6 Å². The zero-order chi connectivity index (χ0) is 20.8. The first-order chi connectivity index (χ1) is 12.6. The number of esters is 2. The molecular formula is C21H39NO5. The normalized spacial score (nSPS) is 13.5. The fraction of sp³-hybridized carbons (Fsp3) is 0.857. The molecule has 27 heavy (non-hydrogen) atoms. The topological polar surface area (TPSA) is 95.7 Å². The molecule has 0 saturated heterocycles. The molecule has 0 spiro atoms. The standard InChI is InChI=1S/C21H39NO5/c1-15(2)12-18(14-17(5)23)20(24)26-10-8-6-7-9-11-27-21(25)19(22)13-16(3)4/h15-16,18-19H,6-14,22H2,1-5H3. The Kier molecular flexibility index (Phi) is 13.8. The molecule has 2 atom stereocenters. The van der Waals surface area contributed by atoms with E-state index in [0.717, 1.165) is 25.7 Å². The van der Waals surface area contributed by atoms with E-state index in [2.05, 4.69) is 0 Å². The minimum Gasteiger partial charge on any atom is -0.465 e. The summed E-state index contributed by atoms with van der Waals surface area (Å²) in [5.41, 5.74) is 5.77. The Bertz CT molecular complexity index is 448. The second-order valence-electron chi connectivity index (χ2n) is 8.22. The first kappa shape index (κ1) is 25.6. The molecule has 0 radical (unpaired) electrons. The molecule has 2 unspecified atom stereocenters. The number of ether oxygens (including phenoxy) is 2. The Hall–Kier alpha value is -1.43. The molecule has 0 bridgehead atoms. The Morgan fingerprint density at radius 2 is 1.26 bits per heavy atom. The van der Waals surface area contributed by atoms with Gasteiger partial charge in [0, 0.05) is 6.42 Å². The van der Waals surface area contributed by atoms with Gasteiger partial charge in [-0.25, -0.2) is 0 Å². The molecule has 0 aliphatic heterocycles. The zero-order valence-electron chi connectivity index (χ0n) is 17.8. The molecule has 0 saturated carbocycles. The van der Waals surface area contributed by atoms with E-state index in [4.69, 9.17) is 15.2 Å². The maximum absolute atomic E-state index is 12.1. The van der Waals surface area contributed by atoms with Gasteiger partial charge in [-0.05, 0) is 57.3 Å². The van der Waals surface area contributed by atoms with Crippen LogP contribution >= 0.6 is 0 Å². The minimum atomic E-state index is -0.543. The van der Waals surface area contributed by atoms with Crippen LogP contribution in [0.5, 0.6) is 0 Å². The molecule has 6 nitrogen and oxygen atoms in total. The average molecular weight is 386 g/mol. The highest BCUT2D eigenvalue weighted by Gasteiger charge is 2.22. The van der Waals surface area contributed by atoms with Crippen LogP contribution in [0, 0.1) is 17.8 Å². The van der Waals surface area contributed by atoms with Crippen molar-refractivity contribution in [2.45, 2.75) is 85.6 Å². The highest BCUT2D eigenvalue weighted by molar-refractivity contribution is 5.82. The summed E-state index contributed by atoms with van der Waals surface area (Å²) >= 11 is 0. The first-order valence-electron chi connectivity index (χ1n) is 10.2. The van der Waals surface area contributed by atoms with Crippen molar-refractivity contribution in [2.75, 3.05) is 13.2 Å². The van der Waals surface area contributed by atoms with Crippen LogP contribution in [0.3, 0.4) is 0 Å². The van der Waals surface area contributed by atoms with Crippen LogP contribution in [0.2, 0.25) is 0 Å². The van der Waals surface area contributed by atoms with Crippen molar-refractivity contribution >= 4 is 17.7 Å². The molecule has 0 fully saturated rings. The van der Waals surface area contributed by atoms with Crippen molar-refractivity contribution in [1.29, 1.82) is 0 Å². The van der Waals surface area contributed by atoms with Crippen molar-refractivity contribution < 1.29 is 23.9 Å². The highest BCUT2D eigenvalue weighted by atomic mass is 16.5. The number of carbonyl (C=O) groups is 3. The van der Waals surface area contributed by atoms with Crippen molar-refractivity contribution in [3.05, 3.63) is 0 Å². The summed E-state index contributed by atoms with van der Waals surface area (Å²) in [6.07, 6.45) is 4.88. The average Bonchev–Trinajstić information content (AvgIpc) is 2.54. The van der Waals surface area contributed by atoms with Gasteiger partial charge in [-0.2, -0.15) is 0 Å². The molecule has 158 valence electrons. The van der Waals surface area contributed by atoms with Crippen molar-refractivity contribution in [3.8, 4) is 0 Å². The number of rotatable bonds is 15. The quantitative estimate of drug-likeness (QED) is 0.341. The maximum Gasteiger partial charge on any atom is 0.322 e. The van der Waals surface area contributed by atoms with Crippen LogP contribution < -0.4 is 5.73 Å². The van der Waals surface area contributed by atoms with Gasteiger partial charge in [0.05, 0.1) is 19.1 Å². The van der Waals surface area contributed by atoms with Gasteiger partial charge in [-0.15, -0.1) is 0 Å². The zero-order valence-corrected chi connectivity index (χ0v) is 17.8. The molecule has 0 amide bonds. The van der Waals surface area contributed by atoms with E-state index in [1.807, 2.05) is 27.7 Å². The van der Waals surface area contributed by atoms with Crippen LogP contribution in [0.25, 0.3) is 0 Å². The van der Waals surface area contributed by atoms with Crippen molar-refractivity contribution in [3.63, 3.8) is 0 Å². The summed E-state index contributed by atoms with van der Waals surface area (Å²) in [5, 5.41) is 0. The largest absolute Gasteiger partial charge is 0.465 e. The van der Waals surface area contributed by atoms with Crippen molar-refractivity contribution in [2.24, 2.45) is 23.5 Å². The summed E-state index contributed by atoms with van der Waals surface area (Å²) < 4.78 is 10.5. The number of carbonyl (C=O) groups excluding carboxylic acids is 3. The van der Waals surface area contributed by atoms with Crippen LogP contribution in [-0.4, -0.2) is 37.0 Å². The SMILES string of the molecule is CC(=O)CC(CC(C)C)C(=O)OCCCCCCOC(=O)C(N)CC(C)C. The van der Waals surface area contributed by atoms with E-state index < -0.39 is 6.04 Å². The predicted octanol–water partition coefficient (Wildman–Crippen LogP) is 3.65. The fourth-order valence-electron chi connectivity index (χ4n) is 2.91. The van der Waals surface area contributed by atoms with Gasteiger partial charge in [-0.1, -0.05) is 27.7 Å². The van der Waals surface area contributed by atoms with E-state index in [1.54, 1.807) is 0 Å². The molecule has 2 N–H and O–H groups in total. The van der Waals surface area contributed by atoms with Crippen molar-refractivity contribution in [1.82, 2.24) is 0 Å². The number of nitrogens with two attached hydrogens (primary N) is 1. The molecule has 0 aromatic heterocycles. The lowest BCUT2D eigenvalue weighted by molar-refractivity contribution is -0.151. The second kappa shape index (κ2) is 14.6. The smallest absolute Gasteiger partial charge is 0.322 e. The van der Waals surface area contributed by atoms with Gasteiger partial charge in [0.2, 0.25) is 0 Å². The number of Topliss-reactive ketones (excluding diaryl/α,β-unsaturated/α-hetero) is 1. The van der Waals surface area contributed by atoms with Gasteiger partial charge in [0.25, 0.3) is 0 Å². The first-order valence-corrected chi connectivity index (χ1v) is 10.2.